The van der Waals surface area contributed by atoms with Crippen molar-refractivity contribution in [3.63, 3.8) is 0 Å². The van der Waals surface area contributed by atoms with Crippen molar-refractivity contribution >= 4 is 11.4 Å². The van der Waals surface area contributed by atoms with Crippen LogP contribution in [0.1, 0.15) is 47.3 Å². The third-order valence-electron chi connectivity index (χ3n) is 5.43. The molecule has 0 N–H and O–H groups in total. The fourth-order valence-electron chi connectivity index (χ4n) is 3.84. The average molecular weight is 412 g/mol. The number of carbonyl (C=O) groups is 1. The lowest BCUT2D eigenvalue weighted by Gasteiger charge is -2.19. The second kappa shape index (κ2) is 8.83. The highest BCUT2D eigenvalue weighted by molar-refractivity contribution is 5.98. The van der Waals surface area contributed by atoms with Gasteiger partial charge in [0.15, 0.2) is 17.3 Å². The molecular formula is C23H25FN2O4. The molecule has 6 nitrogen and oxygen atoms in total. The molecule has 0 amide bonds. The van der Waals surface area contributed by atoms with E-state index in [2.05, 4.69) is 0 Å². The molecule has 0 bridgehead atoms. The SMILES string of the molecule is CCOc1cc2nc(C3CCOCC3)cn2cc1CC(=O)c1cccc(OC)c1F. The van der Waals surface area contributed by atoms with Gasteiger partial charge in [-0.15, -0.1) is 0 Å². The molecule has 30 heavy (non-hydrogen) atoms. The highest BCUT2D eigenvalue weighted by Crippen LogP contribution is 2.29. The zero-order chi connectivity index (χ0) is 21.1. The molecule has 1 saturated heterocycles. The molecule has 0 radical (unpaired) electrons. The van der Waals surface area contributed by atoms with E-state index in [4.69, 9.17) is 19.2 Å². The van der Waals surface area contributed by atoms with Gasteiger partial charge < -0.3 is 18.6 Å². The van der Waals surface area contributed by atoms with E-state index in [1.54, 1.807) is 6.07 Å². The van der Waals surface area contributed by atoms with Crippen molar-refractivity contribution in [1.29, 1.82) is 0 Å². The van der Waals surface area contributed by atoms with Gasteiger partial charge in [-0.2, -0.15) is 0 Å². The smallest absolute Gasteiger partial charge is 0.175 e. The Morgan fingerprint density at radius 2 is 2.07 bits per heavy atom. The molecule has 4 rings (SSSR count). The van der Waals surface area contributed by atoms with Crippen LogP contribution in [0.25, 0.3) is 5.65 Å². The van der Waals surface area contributed by atoms with Crippen LogP contribution in [-0.2, 0) is 11.2 Å². The monoisotopic (exact) mass is 412 g/mol. The van der Waals surface area contributed by atoms with E-state index in [9.17, 15) is 9.18 Å². The number of nitrogens with zero attached hydrogens (tertiary/aromatic N) is 2. The maximum absolute atomic E-state index is 14.5. The lowest BCUT2D eigenvalue weighted by Crippen LogP contribution is -2.14. The zero-order valence-corrected chi connectivity index (χ0v) is 17.2. The quantitative estimate of drug-likeness (QED) is 0.545. The number of Topliss-reactive ketones (excluding diaryl/α,β-unsaturated/α-hetero) is 1. The van der Waals surface area contributed by atoms with Crippen LogP contribution in [-0.4, -0.2) is 42.1 Å². The molecule has 1 aliphatic heterocycles. The predicted molar refractivity (Wildman–Crippen MR) is 110 cm³/mol. The predicted octanol–water partition coefficient (Wildman–Crippen LogP) is 4.20. The number of rotatable bonds is 7. The number of fused-ring (bicyclic) bond motifs is 1. The van der Waals surface area contributed by atoms with E-state index >= 15 is 0 Å². The van der Waals surface area contributed by atoms with E-state index in [-0.39, 0.29) is 23.5 Å². The Kier molecular flexibility index (Phi) is 5.99. The van der Waals surface area contributed by atoms with Crippen molar-refractivity contribution in [3.05, 3.63) is 59.3 Å². The summed E-state index contributed by atoms with van der Waals surface area (Å²) < 4.78 is 32.7. The molecular weight excluding hydrogens is 387 g/mol. The lowest BCUT2D eigenvalue weighted by atomic mass is 9.97. The number of imidazole rings is 1. The average Bonchev–Trinajstić information content (AvgIpc) is 3.17. The third-order valence-corrected chi connectivity index (χ3v) is 5.43. The maximum atomic E-state index is 14.5. The van der Waals surface area contributed by atoms with E-state index in [0.717, 1.165) is 37.4 Å². The van der Waals surface area contributed by atoms with Gasteiger partial charge >= 0.3 is 0 Å². The second-order valence-corrected chi connectivity index (χ2v) is 7.34. The minimum absolute atomic E-state index is 0.00502. The highest BCUT2D eigenvalue weighted by Gasteiger charge is 2.21. The topological polar surface area (TPSA) is 62.1 Å². The van der Waals surface area contributed by atoms with E-state index in [1.807, 2.05) is 29.8 Å². The number of aromatic nitrogens is 2. The summed E-state index contributed by atoms with van der Waals surface area (Å²) >= 11 is 0. The summed E-state index contributed by atoms with van der Waals surface area (Å²) in [7, 11) is 1.38. The minimum Gasteiger partial charge on any atom is -0.494 e. The van der Waals surface area contributed by atoms with Crippen LogP contribution < -0.4 is 9.47 Å². The van der Waals surface area contributed by atoms with E-state index in [1.165, 1.54) is 19.2 Å². The Hall–Kier alpha value is -2.93. The van der Waals surface area contributed by atoms with Gasteiger partial charge in [-0.25, -0.2) is 9.37 Å². The number of carbonyl (C=O) groups excluding carboxylic acids is 1. The summed E-state index contributed by atoms with van der Waals surface area (Å²) in [5.74, 6) is 0.0259. The first-order chi connectivity index (χ1) is 14.6. The van der Waals surface area contributed by atoms with E-state index < -0.39 is 5.82 Å². The molecule has 0 saturated carbocycles. The van der Waals surface area contributed by atoms with Crippen molar-refractivity contribution in [2.75, 3.05) is 26.9 Å². The zero-order valence-electron chi connectivity index (χ0n) is 17.2. The van der Waals surface area contributed by atoms with Gasteiger partial charge in [0.2, 0.25) is 0 Å². The Balaban J connectivity index is 1.66. The van der Waals surface area contributed by atoms with Crippen molar-refractivity contribution in [1.82, 2.24) is 9.38 Å². The maximum Gasteiger partial charge on any atom is 0.175 e. The first-order valence-electron chi connectivity index (χ1n) is 10.2. The molecule has 3 heterocycles. The van der Waals surface area contributed by atoms with Crippen LogP contribution in [0.3, 0.4) is 0 Å². The number of ketones is 1. The van der Waals surface area contributed by atoms with Crippen LogP contribution in [0.4, 0.5) is 4.39 Å². The first-order valence-corrected chi connectivity index (χ1v) is 10.2. The van der Waals surface area contributed by atoms with E-state index in [0.29, 0.717) is 23.8 Å². The van der Waals surface area contributed by atoms with Gasteiger partial charge in [-0.3, -0.25) is 4.79 Å². The fraction of sp³-hybridized carbons (Fsp3) is 0.391. The molecule has 3 aromatic rings. The number of ether oxygens (including phenoxy) is 3. The number of hydrogen-bond acceptors (Lipinski definition) is 5. The van der Waals surface area contributed by atoms with Gasteiger partial charge in [-0.1, -0.05) is 6.07 Å². The molecule has 1 fully saturated rings. The van der Waals surface area contributed by atoms with Gasteiger partial charge in [-0.05, 0) is 31.9 Å². The number of methoxy groups -OCH3 is 1. The van der Waals surface area contributed by atoms with Crippen molar-refractivity contribution in [3.8, 4) is 11.5 Å². The standard InChI is InChI=1S/C23H25FN2O4/c1-3-30-21-12-22-25-18(15-7-9-29-10-8-15)14-26(22)13-16(21)11-19(27)17-5-4-6-20(28-2)23(17)24/h4-6,12-15H,3,7-11H2,1-2H3. The second-order valence-electron chi connectivity index (χ2n) is 7.34. The Morgan fingerprint density at radius 3 is 2.80 bits per heavy atom. The van der Waals surface area contributed by atoms with Crippen molar-refractivity contribution < 1.29 is 23.4 Å². The Labute approximate surface area is 174 Å². The molecule has 158 valence electrons. The lowest BCUT2D eigenvalue weighted by molar-refractivity contribution is 0.0846. The number of halogens is 1. The molecule has 0 aliphatic carbocycles. The van der Waals surface area contributed by atoms with Crippen LogP contribution in [0, 0.1) is 5.82 Å². The molecule has 0 atom stereocenters. The van der Waals surface area contributed by atoms with Gasteiger partial charge in [0.1, 0.15) is 11.4 Å². The molecule has 7 heteroatoms. The van der Waals surface area contributed by atoms with Crippen LogP contribution >= 0.6 is 0 Å². The summed E-state index contributed by atoms with van der Waals surface area (Å²) in [5, 5.41) is 0. The number of benzene rings is 1. The fourth-order valence-corrected chi connectivity index (χ4v) is 3.84. The van der Waals surface area contributed by atoms with Crippen molar-refractivity contribution in [2.45, 2.75) is 32.1 Å². The first kappa shape index (κ1) is 20.3. The molecule has 1 aliphatic rings. The summed E-state index contributed by atoms with van der Waals surface area (Å²) in [5.41, 5.74) is 2.48. The van der Waals surface area contributed by atoms with Gasteiger partial charge in [0.25, 0.3) is 0 Å². The summed E-state index contributed by atoms with van der Waals surface area (Å²) in [4.78, 5) is 17.6. The van der Waals surface area contributed by atoms with Gasteiger partial charge in [0, 0.05) is 49.6 Å². The molecule has 0 unspecified atom stereocenters. The normalized spacial score (nSPS) is 14.8. The number of hydrogen-bond donors (Lipinski definition) is 0. The third kappa shape index (κ3) is 4.03. The van der Waals surface area contributed by atoms with Gasteiger partial charge in [0.05, 0.1) is 25.0 Å². The molecule has 2 aromatic heterocycles. The largest absolute Gasteiger partial charge is 0.494 e. The van der Waals surface area contributed by atoms with Crippen LogP contribution in [0.15, 0.2) is 36.7 Å². The van der Waals surface area contributed by atoms with Crippen LogP contribution in [0.2, 0.25) is 0 Å². The number of pyridine rings is 1. The molecule has 0 spiro atoms. The summed E-state index contributed by atoms with van der Waals surface area (Å²) in [6, 6.07) is 6.42. The molecule has 1 aromatic carbocycles. The Morgan fingerprint density at radius 1 is 1.27 bits per heavy atom. The highest BCUT2D eigenvalue weighted by atomic mass is 19.1. The van der Waals surface area contributed by atoms with Crippen LogP contribution in [0.5, 0.6) is 11.5 Å². The Bertz CT molecular complexity index is 1060. The summed E-state index contributed by atoms with van der Waals surface area (Å²) in [6.07, 6.45) is 5.76. The van der Waals surface area contributed by atoms with Crippen molar-refractivity contribution in [2.24, 2.45) is 0 Å². The minimum atomic E-state index is -0.645. The summed E-state index contributed by atoms with van der Waals surface area (Å²) in [6.45, 7) is 3.83.